The van der Waals surface area contributed by atoms with Crippen molar-refractivity contribution < 1.29 is 4.74 Å². The molecule has 0 aliphatic carbocycles. The van der Waals surface area contributed by atoms with Gasteiger partial charge in [-0.3, -0.25) is 0 Å². The molecule has 4 heteroatoms. The minimum Gasteiger partial charge on any atom is -0.495 e. The molecule has 4 nitrogen and oxygen atoms in total. The molecule has 21 heavy (non-hydrogen) atoms. The van der Waals surface area contributed by atoms with Crippen LogP contribution in [0.4, 0.5) is 0 Å². The first-order valence-corrected chi connectivity index (χ1v) is 7.73. The molecule has 0 spiro atoms. The van der Waals surface area contributed by atoms with E-state index in [2.05, 4.69) is 23.2 Å². The van der Waals surface area contributed by atoms with Gasteiger partial charge in [0.05, 0.1) is 12.7 Å². The molecule has 1 N–H and O–H groups in total. The average Bonchev–Trinajstić information content (AvgIpc) is 2.99. The van der Waals surface area contributed by atoms with Gasteiger partial charge in [-0.15, -0.1) is 0 Å². The summed E-state index contributed by atoms with van der Waals surface area (Å²) in [5, 5.41) is 12.6. The Bertz CT molecular complexity index is 489. The fourth-order valence-electron chi connectivity index (χ4n) is 2.89. The zero-order valence-electron chi connectivity index (χ0n) is 13.1. The molecule has 0 radical (unpaired) electrons. The highest BCUT2D eigenvalue weighted by molar-refractivity contribution is 5.45. The van der Waals surface area contributed by atoms with Crippen molar-refractivity contribution >= 4 is 0 Å². The maximum Gasteiger partial charge on any atom is 0.136 e. The normalized spacial score (nSPS) is 16.6. The van der Waals surface area contributed by atoms with Crippen molar-refractivity contribution in [2.75, 3.05) is 33.3 Å². The lowest BCUT2D eigenvalue weighted by Gasteiger charge is -2.20. The van der Waals surface area contributed by atoms with Crippen molar-refractivity contribution in [3.8, 4) is 11.8 Å². The molecular weight excluding hydrogens is 262 g/mol. The Labute approximate surface area is 127 Å². The molecule has 0 bridgehead atoms. The van der Waals surface area contributed by atoms with Crippen LogP contribution in [0.15, 0.2) is 18.2 Å². The molecule has 1 aliphatic heterocycles. The van der Waals surface area contributed by atoms with E-state index in [0.29, 0.717) is 17.2 Å². The molecule has 1 heterocycles. The topological polar surface area (TPSA) is 48.3 Å². The maximum atomic E-state index is 9.09. The molecule has 2 rings (SSSR count). The van der Waals surface area contributed by atoms with E-state index in [9.17, 15) is 0 Å². The van der Waals surface area contributed by atoms with Crippen LogP contribution >= 0.6 is 0 Å². The SMILES string of the molecule is COc1ccc(CNCC(C)CN2CCCC2)cc1C#N. The van der Waals surface area contributed by atoms with Crippen molar-refractivity contribution in [2.24, 2.45) is 5.92 Å². The second kappa shape index (κ2) is 8.02. The van der Waals surface area contributed by atoms with Crippen LogP contribution in [0.25, 0.3) is 0 Å². The molecule has 0 aromatic heterocycles. The Hall–Kier alpha value is -1.57. The van der Waals surface area contributed by atoms with Gasteiger partial charge in [0, 0.05) is 13.1 Å². The summed E-state index contributed by atoms with van der Waals surface area (Å²) >= 11 is 0. The third-order valence-electron chi connectivity index (χ3n) is 3.97. The number of nitriles is 1. The van der Waals surface area contributed by atoms with Crippen molar-refractivity contribution in [3.05, 3.63) is 29.3 Å². The standard InChI is InChI=1S/C17H25N3O/c1-14(13-20-7-3-4-8-20)11-19-12-15-5-6-17(21-2)16(9-15)10-18/h5-6,9,14,19H,3-4,7-8,11-13H2,1-2H3. The molecule has 1 aromatic rings. The second-order valence-corrected chi connectivity index (χ2v) is 5.89. The van der Waals surface area contributed by atoms with E-state index in [1.165, 1.54) is 32.5 Å². The van der Waals surface area contributed by atoms with E-state index in [1.54, 1.807) is 7.11 Å². The lowest BCUT2D eigenvalue weighted by Crippen LogP contribution is -2.31. The lowest BCUT2D eigenvalue weighted by atomic mass is 10.1. The van der Waals surface area contributed by atoms with Gasteiger partial charge < -0.3 is 15.0 Å². The molecule has 1 fully saturated rings. The predicted molar refractivity (Wildman–Crippen MR) is 84.3 cm³/mol. The Morgan fingerprint density at radius 1 is 1.38 bits per heavy atom. The maximum absolute atomic E-state index is 9.09. The second-order valence-electron chi connectivity index (χ2n) is 5.89. The summed E-state index contributed by atoms with van der Waals surface area (Å²) in [5.74, 6) is 1.29. The number of methoxy groups -OCH3 is 1. The van der Waals surface area contributed by atoms with Crippen LogP contribution in [-0.2, 0) is 6.54 Å². The molecule has 1 aromatic carbocycles. The van der Waals surface area contributed by atoms with E-state index < -0.39 is 0 Å². The highest BCUT2D eigenvalue weighted by Crippen LogP contribution is 2.18. The summed E-state index contributed by atoms with van der Waals surface area (Å²) in [6.07, 6.45) is 2.70. The number of hydrogen-bond donors (Lipinski definition) is 1. The number of nitrogens with one attached hydrogen (secondary N) is 1. The zero-order chi connectivity index (χ0) is 15.1. The van der Waals surface area contributed by atoms with Crippen molar-refractivity contribution in [1.29, 1.82) is 5.26 Å². The molecule has 1 saturated heterocycles. The monoisotopic (exact) mass is 287 g/mol. The first-order valence-electron chi connectivity index (χ1n) is 7.73. The van der Waals surface area contributed by atoms with E-state index in [-0.39, 0.29) is 0 Å². The third kappa shape index (κ3) is 4.73. The Morgan fingerprint density at radius 2 is 2.14 bits per heavy atom. The first kappa shape index (κ1) is 15.8. The molecule has 0 amide bonds. The van der Waals surface area contributed by atoms with Crippen molar-refractivity contribution in [3.63, 3.8) is 0 Å². The third-order valence-corrected chi connectivity index (χ3v) is 3.97. The summed E-state index contributed by atoms with van der Waals surface area (Å²) in [4.78, 5) is 2.55. The van der Waals surface area contributed by atoms with Gasteiger partial charge >= 0.3 is 0 Å². The highest BCUT2D eigenvalue weighted by Gasteiger charge is 2.14. The molecule has 1 atom stereocenters. The number of ether oxygens (including phenoxy) is 1. The summed E-state index contributed by atoms with van der Waals surface area (Å²) in [7, 11) is 1.59. The van der Waals surface area contributed by atoms with Gasteiger partial charge in [-0.1, -0.05) is 13.0 Å². The first-order chi connectivity index (χ1) is 10.2. The molecule has 1 aliphatic rings. The van der Waals surface area contributed by atoms with Crippen LogP contribution in [0.5, 0.6) is 5.75 Å². The average molecular weight is 287 g/mol. The summed E-state index contributed by atoms with van der Waals surface area (Å²) in [6.45, 7) is 7.79. The molecule has 1 unspecified atom stereocenters. The van der Waals surface area contributed by atoms with Gasteiger partial charge in [0.1, 0.15) is 11.8 Å². The van der Waals surface area contributed by atoms with Gasteiger partial charge in [0.25, 0.3) is 0 Å². The fourth-order valence-corrected chi connectivity index (χ4v) is 2.89. The Kier molecular flexibility index (Phi) is 6.04. The number of hydrogen-bond acceptors (Lipinski definition) is 4. The van der Waals surface area contributed by atoms with E-state index in [4.69, 9.17) is 10.00 Å². The molecule has 114 valence electrons. The largest absolute Gasteiger partial charge is 0.495 e. The van der Waals surface area contributed by atoms with Gasteiger partial charge in [-0.25, -0.2) is 0 Å². The zero-order valence-corrected chi connectivity index (χ0v) is 13.1. The number of likely N-dealkylation sites (tertiary alicyclic amines) is 1. The Morgan fingerprint density at radius 3 is 2.81 bits per heavy atom. The van der Waals surface area contributed by atoms with Crippen LogP contribution in [0, 0.1) is 17.2 Å². The van der Waals surface area contributed by atoms with Gasteiger partial charge in [-0.2, -0.15) is 5.26 Å². The van der Waals surface area contributed by atoms with E-state index >= 15 is 0 Å². The number of rotatable bonds is 7. The molecular formula is C17H25N3O. The predicted octanol–water partition coefficient (Wildman–Crippen LogP) is 2.39. The van der Waals surface area contributed by atoms with Crippen molar-refractivity contribution in [2.45, 2.75) is 26.3 Å². The van der Waals surface area contributed by atoms with Crippen LogP contribution in [0.3, 0.4) is 0 Å². The summed E-state index contributed by atoms with van der Waals surface area (Å²) in [6, 6.07) is 7.95. The summed E-state index contributed by atoms with van der Waals surface area (Å²) in [5.41, 5.74) is 1.72. The quantitative estimate of drug-likeness (QED) is 0.836. The number of nitrogens with zero attached hydrogens (tertiary/aromatic N) is 2. The smallest absolute Gasteiger partial charge is 0.136 e. The van der Waals surface area contributed by atoms with Gasteiger partial charge in [-0.05, 0) is 56.1 Å². The van der Waals surface area contributed by atoms with Crippen LogP contribution in [-0.4, -0.2) is 38.2 Å². The van der Waals surface area contributed by atoms with Crippen molar-refractivity contribution in [1.82, 2.24) is 10.2 Å². The molecule has 0 saturated carbocycles. The van der Waals surface area contributed by atoms with E-state index in [0.717, 1.165) is 18.7 Å². The number of benzene rings is 1. The minimum atomic E-state index is 0.599. The van der Waals surface area contributed by atoms with Gasteiger partial charge in [0.15, 0.2) is 0 Å². The van der Waals surface area contributed by atoms with Crippen LogP contribution in [0.2, 0.25) is 0 Å². The highest BCUT2D eigenvalue weighted by atomic mass is 16.5. The van der Waals surface area contributed by atoms with Gasteiger partial charge in [0.2, 0.25) is 0 Å². The van der Waals surface area contributed by atoms with Crippen LogP contribution < -0.4 is 10.1 Å². The van der Waals surface area contributed by atoms with Crippen LogP contribution in [0.1, 0.15) is 30.9 Å². The minimum absolute atomic E-state index is 0.599. The fraction of sp³-hybridized carbons (Fsp3) is 0.588. The lowest BCUT2D eigenvalue weighted by molar-refractivity contribution is 0.282. The Balaban J connectivity index is 1.76. The summed E-state index contributed by atoms with van der Waals surface area (Å²) < 4.78 is 5.16. The van der Waals surface area contributed by atoms with E-state index in [1.807, 2.05) is 18.2 Å².